The van der Waals surface area contributed by atoms with Crippen LogP contribution in [0.5, 0.6) is 0 Å². The molecule has 25 heavy (non-hydrogen) atoms. The van der Waals surface area contributed by atoms with Crippen molar-refractivity contribution in [2.24, 2.45) is 5.73 Å². The van der Waals surface area contributed by atoms with E-state index in [1.165, 1.54) is 6.42 Å². The van der Waals surface area contributed by atoms with E-state index >= 15 is 0 Å². The molecule has 2 N–H and O–H groups in total. The van der Waals surface area contributed by atoms with E-state index in [9.17, 15) is 4.79 Å². The van der Waals surface area contributed by atoms with Gasteiger partial charge in [-0.2, -0.15) is 4.98 Å². The minimum atomic E-state index is -0.629. The zero-order chi connectivity index (χ0) is 16.4. The molecule has 1 atom stereocenters. The Morgan fingerprint density at radius 3 is 2.28 bits per heavy atom. The van der Waals surface area contributed by atoms with Crippen molar-refractivity contribution in [3.8, 4) is 0 Å². The molecule has 1 aliphatic carbocycles. The molecular formula is C16H29Cl2N5O2. The highest BCUT2D eigenvalue weighted by atomic mass is 35.5. The molecule has 1 aliphatic heterocycles. The minimum absolute atomic E-state index is 0. The van der Waals surface area contributed by atoms with Gasteiger partial charge in [0.2, 0.25) is 11.8 Å². The number of nitrogens with two attached hydrogens (primary N) is 1. The summed E-state index contributed by atoms with van der Waals surface area (Å²) >= 11 is 0. The maximum atomic E-state index is 12.8. The number of halogens is 2. The number of rotatable bonds is 3. The molecule has 3 rings (SSSR count). The van der Waals surface area contributed by atoms with Crippen molar-refractivity contribution in [1.82, 2.24) is 19.9 Å². The van der Waals surface area contributed by atoms with E-state index in [0.29, 0.717) is 11.7 Å². The summed E-state index contributed by atoms with van der Waals surface area (Å²) in [5.41, 5.74) is 5.75. The molecule has 2 fully saturated rings. The van der Waals surface area contributed by atoms with Crippen LogP contribution in [0.3, 0.4) is 0 Å². The molecule has 1 aromatic rings. The van der Waals surface area contributed by atoms with Crippen LogP contribution < -0.4 is 5.73 Å². The normalized spacial score (nSPS) is 21.8. The summed E-state index contributed by atoms with van der Waals surface area (Å²) in [6, 6.07) is 0.0787. The van der Waals surface area contributed by atoms with Crippen LogP contribution in [0.1, 0.15) is 56.8 Å². The zero-order valence-corrected chi connectivity index (χ0v) is 16.6. The Hall–Kier alpha value is -0.890. The van der Waals surface area contributed by atoms with Gasteiger partial charge in [-0.25, -0.2) is 0 Å². The van der Waals surface area contributed by atoms with Gasteiger partial charge in [-0.1, -0.05) is 24.4 Å². The molecule has 1 unspecified atom stereocenters. The lowest BCUT2D eigenvalue weighted by molar-refractivity contribution is -0.140. The second-order valence-corrected chi connectivity index (χ2v) is 6.90. The lowest BCUT2D eigenvalue weighted by atomic mass is 9.81. The predicted octanol–water partition coefficient (Wildman–Crippen LogP) is 2.09. The van der Waals surface area contributed by atoms with Crippen molar-refractivity contribution in [3.63, 3.8) is 0 Å². The number of carbonyl (C=O) groups excluding carboxylic acids is 1. The van der Waals surface area contributed by atoms with Gasteiger partial charge in [0.25, 0.3) is 0 Å². The lowest BCUT2D eigenvalue weighted by Crippen LogP contribution is -2.60. The predicted molar refractivity (Wildman–Crippen MR) is 100 cm³/mol. The monoisotopic (exact) mass is 393 g/mol. The Morgan fingerprint density at radius 2 is 1.76 bits per heavy atom. The summed E-state index contributed by atoms with van der Waals surface area (Å²) in [7, 11) is 0. The van der Waals surface area contributed by atoms with Crippen molar-refractivity contribution in [2.75, 3.05) is 26.2 Å². The van der Waals surface area contributed by atoms with Crippen LogP contribution in [0.25, 0.3) is 0 Å². The average Bonchev–Trinajstić information content (AvgIpc) is 3.01. The Bertz CT molecular complexity index is 554. The topological polar surface area (TPSA) is 88.5 Å². The molecule has 1 saturated heterocycles. The number of amides is 1. The number of hydrogen-bond donors (Lipinski definition) is 1. The van der Waals surface area contributed by atoms with Crippen LogP contribution >= 0.6 is 24.8 Å². The first-order chi connectivity index (χ1) is 11.0. The van der Waals surface area contributed by atoms with E-state index in [4.69, 9.17) is 10.3 Å². The van der Waals surface area contributed by atoms with Crippen LogP contribution in [0, 0.1) is 6.92 Å². The van der Waals surface area contributed by atoms with Gasteiger partial charge < -0.3 is 15.2 Å². The summed E-state index contributed by atoms with van der Waals surface area (Å²) in [6.07, 6.45) is 4.97. The molecule has 2 heterocycles. The number of hydrogen-bond acceptors (Lipinski definition) is 6. The first-order valence-corrected chi connectivity index (χ1v) is 8.62. The van der Waals surface area contributed by atoms with Gasteiger partial charge in [-0.05, 0) is 26.7 Å². The SMILES string of the molecule is Cc1noc(C(C)N2CCN(C(=O)C3(N)CCCCC3)CC2)n1.Cl.Cl. The third-order valence-corrected chi connectivity index (χ3v) is 5.22. The fraction of sp³-hybridized carbons (Fsp3) is 0.812. The van der Waals surface area contributed by atoms with E-state index in [1.807, 2.05) is 11.8 Å². The highest BCUT2D eigenvalue weighted by Gasteiger charge is 2.39. The van der Waals surface area contributed by atoms with Crippen molar-refractivity contribution >= 4 is 30.7 Å². The molecule has 0 radical (unpaired) electrons. The molecule has 1 amide bonds. The summed E-state index contributed by atoms with van der Waals surface area (Å²) in [5, 5.41) is 3.85. The van der Waals surface area contributed by atoms with Crippen molar-refractivity contribution in [1.29, 1.82) is 0 Å². The first kappa shape index (κ1) is 22.2. The molecule has 144 valence electrons. The maximum Gasteiger partial charge on any atom is 0.243 e. The van der Waals surface area contributed by atoms with Gasteiger partial charge in [-0.15, -0.1) is 24.8 Å². The molecule has 1 saturated carbocycles. The number of nitrogens with zero attached hydrogens (tertiary/aromatic N) is 4. The van der Waals surface area contributed by atoms with E-state index in [2.05, 4.69) is 22.0 Å². The fourth-order valence-electron chi connectivity index (χ4n) is 3.66. The minimum Gasteiger partial charge on any atom is -0.339 e. The van der Waals surface area contributed by atoms with Crippen LogP contribution in [0.15, 0.2) is 4.52 Å². The van der Waals surface area contributed by atoms with Gasteiger partial charge >= 0.3 is 0 Å². The molecule has 0 aromatic carbocycles. The zero-order valence-electron chi connectivity index (χ0n) is 14.9. The third-order valence-electron chi connectivity index (χ3n) is 5.22. The highest BCUT2D eigenvalue weighted by Crippen LogP contribution is 2.28. The standard InChI is InChI=1S/C16H27N5O2.2ClH/c1-12(14-18-13(2)19-23-14)20-8-10-21(11-9-20)15(22)16(17)6-4-3-5-7-16;;/h12H,3-11,17H2,1-2H3;2*1H. The quantitative estimate of drug-likeness (QED) is 0.845. The molecule has 0 bridgehead atoms. The molecule has 2 aliphatic rings. The Morgan fingerprint density at radius 1 is 1.16 bits per heavy atom. The van der Waals surface area contributed by atoms with Crippen LogP contribution in [0.4, 0.5) is 0 Å². The van der Waals surface area contributed by atoms with Crippen molar-refractivity contribution in [3.05, 3.63) is 11.7 Å². The fourth-order valence-corrected chi connectivity index (χ4v) is 3.66. The molecule has 1 aromatic heterocycles. The van der Waals surface area contributed by atoms with Crippen molar-refractivity contribution in [2.45, 2.75) is 57.5 Å². The van der Waals surface area contributed by atoms with Gasteiger partial charge in [0, 0.05) is 26.2 Å². The van der Waals surface area contributed by atoms with E-state index in [-0.39, 0.29) is 36.8 Å². The van der Waals surface area contributed by atoms with Crippen LogP contribution in [-0.2, 0) is 4.79 Å². The average molecular weight is 394 g/mol. The summed E-state index contributed by atoms with van der Waals surface area (Å²) in [5.74, 6) is 1.44. The molecule has 7 nitrogen and oxygen atoms in total. The Kier molecular flexibility index (Phi) is 8.12. The second-order valence-electron chi connectivity index (χ2n) is 6.90. The third kappa shape index (κ3) is 4.84. The van der Waals surface area contributed by atoms with Gasteiger partial charge in [-0.3, -0.25) is 9.69 Å². The Balaban J connectivity index is 0.00000156. The van der Waals surface area contributed by atoms with Gasteiger partial charge in [0.05, 0.1) is 11.6 Å². The second kappa shape index (κ2) is 9.16. The molecule has 0 spiro atoms. The summed E-state index contributed by atoms with van der Waals surface area (Å²) in [6.45, 7) is 6.94. The molecular weight excluding hydrogens is 365 g/mol. The lowest BCUT2D eigenvalue weighted by Gasteiger charge is -2.42. The summed E-state index contributed by atoms with van der Waals surface area (Å²) < 4.78 is 5.26. The Labute approximate surface area is 161 Å². The van der Waals surface area contributed by atoms with Crippen LogP contribution in [0.2, 0.25) is 0 Å². The van der Waals surface area contributed by atoms with Gasteiger partial charge in [0.15, 0.2) is 5.82 Å². The van der Waals surface area contributed by atoms with E-state index in [0.717, 1.165) is 51.9 Å². The largest absolute Gasteiger partial charge is 0.339 e. The van der Waals surface area contributed by atoms with Crippen LogP contribution in [-0.4, -0.2) is 57.6 Å². The smallest absolute Gasteiger partial charge is 0.243 e. The number of aryl methyl sites for hydroxylation is 1. The number of carbonyl (C=O) groups is 1. The molecule has 9 heteroatoms. The van der Waals surface area contributed by atoms with E-state index < -0.39 is 5.54 Å². The number of piperazine rings is 1. The van der Waals surface area contributed by atoms with Crippen molar-refractivity contribution < 1.29 is 9.32 Å². The highest BCUT2D eigenvalue weighted by molar-refractivity contribution is 5.86. The maximum absolute atomic E-state index is 12.8. The van der Waals surface area contributed by atoms with Gasteiger partial charge in [0.1, 0.15) is 0 Å². The summed E-state index contributed by atoms with van der Waals surface area (Å²) in [4.78, 5) is 21.3. The van der Waals surface area contributed by atoms with E-state index in [1.54, 1.807) is 0 Å². The number of aromatic nitrogens is 2. The first-order valence-electron chi connectivity index (χ1n) is 8.62.